The zero-order valence-corrected chi connectivity index (χ0v) is 16.1. The van der Waals surface area contributed by atoms with Gasteiger partial charge in [-0.05, 0) is 57.3 Å². The van der Waals surface area contributed by atoms with Crippen molar-refractivity contribution in [3.8, 4) is 0 Å². The number of thiophene rings is 1. The van der Waals surface area contributed by atoms with Crippen LogP contribution < -0.4 is 5.32 Å². The molecule has 5 heteroatoms. The minimum Gasteiger partial charge on any atom is -0.348 e. The molecular formula is C21H26N2O2S. The highest BCUT2D eigenvalue weighted by Gasteiger charge is 2.22. The number of benzene rings is 1. The summed E-state index contributed by atoms with van der Waals surface area (Å²) in [5.74, 6) is -0.0545. The maximum Gasteiger partial charge on any atom is 0.252 e. The van der Waals surface area contributed by atoms with Crippen molar-refractivity contribution in [3.63, 3.8) is 0 Å². The van der Waals surface area contributed by atoms with E-state index in [2.05, 4.69) is 34.5 Å². The molecule has 2 aromatic rings. The molecule has 1 aromatic carbocycles. The smallest absolute Gasteiger partial charge is 0.252 e. The van der Waals surface area contributed by atoms with Crippen LogP contribution in [0, 0.1) is 0 Å². The fourth-order valence-electron chi connectivity index (χ4n) is 3.44. The molecule has 1 aliphatic rings. The van der Waals surface area contributed by atoms with Crippen molar-refractivity contribution in [2.75, 3.05) is 19.6 Å². The van der Waals surface area contributed by atoms with E-state index in [1.807, 2.05) is 6.07 Å². The van der Waals surface area contributed by atoms with E-state index in [1.165, 1.54) is 23.8 Å². The van der Waals surface area contributed by atoms with Crippen LogP contribution in [0.1, 0.15) is 51.8 Å². The average molecular weight is 371 g/mol. The third kappa shape index (κ3) is 5.26. The lowest BCUT2D eigenvalue weighted by Crippen LogP contribution is -2.47. The Morgan fingerprint density at radius 1 is 1.27 bits per heavy atom. The van der Waals surface area contributed by atoms with Crippen molar-refractivity contribution in [1.29, 1.82) is 0 Å². The Morgan fingerprint density at radius 2 is 2.08 bits per heavy atom. The molecule has 0 spiro atoms. The first kappa shape index (κ1) is 18.8. The van der Waals surface area contributed by atoms with Gasteiger partial charge < -0.3 is 10.2 Å². The van der Waals surface area contributed by atoms with Crippen molar-refractivity contribution in [2.24, 2.45) is 0 Å². The number of nitrogens with one attached hydrogen (secondary N) is 1. The minimum atomic E-state index is -0.0649. The largest absolute Gasteiger partial charge is 0.348 e. The van der Waals surface area contributed by atoms with Crippen LogP contribution in [0.3, 0.4) is 0 Å². The molecule has 4 nitrogen and oxygen atoms in total. The zero-order valence-electron chi connectivity index (χ0n) is 15.2. The fraction of sp³-hybridized carbons (Fsp3) is 0.429. The number of aryl methyl sites for hydroxylation is 1. The quantitative estimate of drug-likeness (QED) is 0.755. The number of nitrogens with zero attached hydrogens (tertiary/aromatic N) is 1. The van der Waals surface area contributed by atoms with Crippen LogP contribution in [0.4, 0.5) is 0 Å². The topological polar surface area (TPSA) is 49.4 Å². The summed E-state index contributed by atoms with van der Waals surface area (Å²) in [5, 5.41) is 4.91. The van der Waals surface area contributed by atoms with E-state index in [0.29, 0.717) is 10.4 Å². The number of amides is 1. The summed E-state index contributed by atoms with van der Waals surface area (Å²) in [6.45, 7) is 4.61. The van der Waals surface area contributed by atoms with Gasteiger partial charge in [-0.2, -0.15) is 0 Å². The van der Waals surface area contributed by atoms with Crippen molar-refractivity contribution >= 4 is 23.0 Å². The lowest BCUT2D eigenvalue weighted by atomic mass is 10.0. The van der Waals surface area contributed by atoms with Crippen LogP contribution in [-0.2, 0) is 6.42 Å². The van der Waals surface area contributed by atoms with E-state index < -0.39 is 0 Å². The Morgan fingerprint density at radius 3 is 2.81 bits per heavy atom. The second kappa shape index (κ2) is 9.10. The lowest BCUT2D eigenvalue weighted by molar-refractivity contribution is 0.0903. The first-order chi connectivity index (χ1) is 12.6. The van der Waals surface area contributed by atoms with Gasteiger partial charge in [-0.15, -0.1) is 11.3 Å². The van der Waals surface area contributed by atoms with Crippen molar-refractivity contribution < 1.29 is 9.59 Å². The summed E-state index contributed by atoms with van der Waals surface area (Å²) < 4.78 is 0. The van der Waals surface area contributed by atoms with Crippen molar-refractivity contribution in [3.05, 3.63) is 57.8 Å². The van der Waals surface area contributed by atoms with Gasteiger partial charge in [-0.1, -0.05) is 30.3 Å². The molecule has 138 valence electrons. The summed E-state index contributed by atoms with van der Waals surface area (Å²) in [7, 11) is 0. The molecular weight excluding hydrogens is 344 g/mol. The second-order valence-electron chi connectivity index (χ2n) is 6.96. The maximum absolute atomic E-state index is 12.4. The number of hydrogen-bond acceptors (Lipinski definition) is 4. The Kier molecular flexibility index (Phi) is 6.58. The molecule has 0 aliphatic carbocycles. The van der Waals surface area contributed by atoms with Gasteiger partial charge in [0.15, 0.2) is 5.78 Å². The highest BCUT2D eigenvalue weighted by molar-refractivity contribution is 7.12. The normalized spacial score (nSPS) is 17.8. The predicted octanol–water partition coefficient (Wildman–Crippen LogP) is 3.78. The predicted molar refractivity (Wildman–Crippen MR) is 106 cm³/mol. The molecule has 0 radical (unpaired) electrons. The van der Waals surface area contributed by atoms with Gasteiger partial charge in [0.05, 0.1) is 10.4 Å². The zero-order chi connectivity index (χ0) is 18.4. The van der Waals surface area contributed by atoms with Crippen molar-refractivity contribution in [2.45, 2.75) is 38.6 Å². The van der Waals surface area contributed by atoms with E-state index in [1.54, 1.807) is 11.4 Å². The summed E-state index contributed by atoms with van der Waals surface area (Å²) >= 11 is 1.34. The van der Waals surface area contributed by atoms with Crippen LogP contribution in [-0.4, -0.2) is 42.3 Å². The van der Waals surface area contributed by atoms with Crippen LogP contribution in [0.15, 0.2) is 41.8 Å². The second-order valence-corrected chi connectivity index (χ2v) is 7.87. The molecule has 1 saturated heterocycles. The molecule has 1 N–H and O–H groups in total. The summed E-state index contributed by atoms with van der Waals surface area (Å²) in [6.07, 6.45) is 4.36. The SMILES string of the molecule is CC(=O)c1cc(C(=O)N[C@@H]2CCCN(CCCc3ccccc3)C2)cs1. The number of likely N-dealkylation sites (tertiary alicyclic amines) is 1. The Balaban J connectivity index is 1.45. The van der Waals surface area contributed by atoms with Crippen LogP contribution >= 0.6 is 11.3 Å². The number of Topliss-reactive ketones (excluding diaryl/α,β-unsaturated/α-hetero) is 1. The van der Waals surface area contributed by atoms with E-state index in [0.717, 1.165) is 45.3 Å². The molecule has 0 unspecified atom stereocenters. The Hall–Kier alpha value is -1.98. The van der Waals surface area contributed by atoms with E-state index >= 15 is 0 Å². The molecule has 0 saturated carbocycles. The fourth-order valence-corrected chi connectivity index (χ4v) is 4.23. The van der Waals surface area contributed by atoms with Gasteiger partial charge in [0.2, 0.25) is 0 Å². The van der Waals surface area contributed by atoms with Crippen LogP contribution in [0.5, 0.6) is 0 Å². The van der Waals surface area contributed by atoms with Gasteiger partial charge >= 0.3 is 0 Å². The van der Waals surface area contributed by atoms with Crippen molar-refractivity contribution in [1.82, 2.24) is 10.2 Å². The summed E-state index contributed by atoms with van der Waals surface area (Å²) in [6, 6.07) is 12.5. The highest BCUT2D eigenvalue weighted by Crippen LogP contribution is 2.17. The van der Waals surface area contributed by atoms with Gasteiger partial charge in [-0.25, -0.2) is 0 Å². The Bertz CT molecular complexity index is 741. The molecule has 1 atom stereocenters. The molecule has 0 bridgehead atoms. The van der Waals surface area contributed by atoms with Gasteiger partial charge in [0.1, 0.15) is 0 Å². The lowest BCUT2D eigenvalue weighted by Gasteiger charge is -2.33. The van der Waals surface area contributed by atoms with E-state index in [4.69, 9.17) is 0 Å². The first-order valence-corrected chi connectivity index (χ1v) is 10.2. The number of piperidine rings is 1. The molecule has 1 aliphatic heterocycles. The van der Waals surface area contributed by atoms with E-state index in [9.17, 15) is 9.59 Å². The molecule has 3 rings (SSSR count). The average Bonchev–Trinajstić information content (AvgIpc) is 3.14. The minimum absolute atomic E-state index is 0.0105. The van der Waals surface area contributed by atoms with E-state index in [-0.39, 0.29) is 17.7 Å². The molecule has 2 heterocycles. The van der Waals surface area contributed by atoms with Gasteiger partial charge in [0.25, 0.3) is 5.91 Å². The summed E-state index contributed by atoms with van der Waals surface area (Å²) in [4.78, 5) is 26.9. The molecule has 1 amide bonds. The number of ketones is 1. The Labute approximate surface area is 159 Å². The first-order valence-electron chi connectivity index (χ1n) is 9.28. The molecule has 1 aromatic heterocycles. The third-order valence-electron chi connectivity index (χ3n) is 4.83. The molecule has 26 heavy (non-hydrogen) atoms. The van der Waals surface area contributed by atoms with Gasteiger partial charge in [0, 0.05) is 18.0 Å². The monoisotopic (exact) mass is 370 g/mol. The number of carbonyl (C=O) groups excluding carboxylic acids is 2. The van der Waals surface area contributed by atoms with Gasteiger partial charge in [-0.3, -0.25) is 9.59 Å². The van der Waals surface area contributed by atoms with Crippen LogP contribution in [0.2, 0.25) is 0 Å². The number of hydrogen-bond donors (Lipinski definition) is 1. The highest BCUT2D eigenvalue weighted by atomic mass is 32.1. The number of carbonyl (C=O) groups is 2. The molecule has 1 fully saturated rings. The standard InChI is InChI=1S/C21H26N2O2S/c1-16(24)20-13-18(15-26-20)21(25)22-19-10-6-12-23(14-19)11-5-9-17-7-3-2-4-8-17/h2-4,7-8,13,15,19H,5-6,9-12,14H2,1H3,(H,22,25)/t19-/m1/s1. The van der Waals surface area contributed by atoms with Crippen LogP contribution in [0.25, 0.3) is 0 Å². The number of rotatable bonds is 7. The third-order valence-corrected chi connectivity index (χ3v) is 5.86. The summed E-state index contributed by atoms with van der Waals surface area (Å²) in [5.41, 5.74) is 1.98. The maximum atomic E-state index is 12.4.